The maximum atomic E-state index is 15.0. The van der Waals surface area contributed by atoms with Gasteiger partial charge in [-0.15, -0.1) is 0 Å². The minimum absolute atomic E-state index is 0.0232. The first-order valence-electron chi connectivity index (χ1n) is 13.4. The summed E-state index contributed by atoms with van der Waals surface area (Å²) in [7, 11) is 0. The van der Waals surface area contributed by atoms with E-state index in [0.29, 0.717) is 41.7 Å². The fraction of sp³-hybridized carbons (Fsp3) is 0.300. The Morgan fingerprint density at radius 3 is 2.71 bits per heavy atom. The number of piperidine rings is 1. The fourth-order valence-corrected chi connectivity index (χ4v) is 5.16. The van der Waals surface area contributed by atoms with E-state index < -0.39 is 17.6 Å². The number of nitrogens with zero attached hydrogens (tertiary/aromatic N) is 5. The summed E-state index contributed by atoms with van der Waals surface area (Å²) in [6.07, 6.45) is 6.66. The third kappa shape index (κ3) is 5.70. The van der Waals surface area contributed by atoms with Gasteiger partial charge in [0.2, 0.25) is 5.91 Å². The van der Waals surface area contributed by atoms with Crippen molar-refractivity contribution in [3.05, 3.63) is 84.6 Å². The highest BCUT2D eigenvalue weighted by Gasteiger charge is 2.31. The number of anilines is 1. The van der Waals surface area contributed by atoms with Gasteiger partial charge in [0.1, 0.15) is 17.0 Å². The van der Waals surface area contributed by atoms with Crippen molar-refractivity contribution in [2.75, 3.05) is 18.4 Å². The van der Waals surface area contributed by atoms with Crippen molar-refractivity contribution in [2.45, 2.75) is 44.6 Å². The summed E-state index contributed by atoms with van der Waals surface area (Å²) in [4.78, 5) is 34.8. The molecule has 1 unspecified atom stereocenters. The van der Waals surface area contributed by atoms with E-state index in [1.54, 1.807) is 47.0 Å². The molecule has 41 heavy (non-hydrogen) atoms. The van der Waals surface area contributed by atoms with Crippen molar-refractivity contribution in [3.8, 4) is 11.3 Å². The van der Waals surface area contributed by atoms with Crippen LogP contribution in [-0.2, 0) is 10.7 Å². The summed E-state index contributed by atoms with van der Waals surface area (Å²) >= 11 is 0. The predicted molar refractivity (Wildman–Crippen MR) is 149 cm³/mol. The highest BCUT2D eigenvalue weighted by atomic mass is 19.3. The lowest BCUT2D eigenvalue weighted by atomic mass is 10.0. The second-order valence-corrected chi connectivity index (χ2v) is 10.0. The Balaban J connectivity index is 1.40. The van der Waals surface area contributed by atoms with Crippen molar-refractivity contribution in [2.24, 2.45) is 0 Å². The average molecular weight is 563 g/mol. The minimum atomic E-state index is -3.02. The van der Waals surface area contributed by atoms with Crippen LogP contribution < -0.4 is 5.32 Å². The number of amides is 2. The van der Waals surface area contributed by atoms with E-state index in [-0.39, 0.29) is 35.3 Å². The summed E-state index contributed by atoms with van der Waals surface area (Å²) in [6.45, 7) is 6.21. The van der Waals surface area contributed by atoms with Gasteiger partial charge < -0.3 is 10.2 Å². The number of likely N-dealkylation sites (tertiary alicyclic amines) is 1. The SMILES string of the molecule is C=CC(=O)N1CCCC(n2nc(-c3ccc(C(=O)Nc4cc(C(F)(F)CCC)ccn4)cc3)c3cncc(F)c32)C1. The molecule has 4 heterocycles. The van der Waals surface area contributed by atoms with Gasteiger partial charge in [0, 0.05) is 54.0 Å². The Labute approximate surface area is 234 Å². The molecule has 1 aromatic carbocycles. The molecule has 1 saturated heterocycles. The number of benzene rings is 1. The monoisotopic (exact) mass is 562 g/mol. The van der Waals surface area contributed by atoms with Crippen LogP contribution in [0.4, 0.5) is 19.0 Å². The Morgan fingerprint density at radius 1 is 1.20 bits per heavy atom. The maximum absolute atomic E-state index is 15.0. The number of aromatic nitrogens is 4. The molecular weight excluding hydrogens is 533 g/mol. The second-order valence-electron chi connectivity index (χ2n) is 10.0. The Hall–Kier alpha value is -4.54. The van der Waals surface area contributed by atoms with Gasteiger partial charge >= 0.3 is 0 Å². The number of carbonyl (C=O) groups excluding carboxylic acids is 2. The minimum Gasteiger partial charge on any atom is -0.337 e. The molecule has 2 amide bonds. The van der Waals surface area contributed by atoms with E-state index in [1.165, 1.54) is 24.4 Å². The van der Waals surface area contributed by atoms with Gasteiger partial charge in [-0.25, -0.2) is 18.2 Å². The summed E-state index contributed by atoms with van der Waals surface area (Å²) in [5.41, 5.74) is 1.48. The van der Waals surface area contributed by atoms with Gasteiger partial charge in [-0.2, -0.15) is 5.10 Å². The van der Waals surface area contributed by atoms with Crippen molar-refractivity contribution in [3.63, 3.8) is 0 Å². The van der Waals surface area contributed by atoms with E-state index in [1.807, 2.05) is 0 Å². The third-order valence-electron chi connectivity index (χ3n) is 7.20. The van der Waals surface area contributed by atoms with Crippen LogP contribution in [0.2, 0.25) is 0 Å². The lowest BCUT2D eigenvalue weighted by Gasteiger charge is -2.32. The zero-order valence-corrected chi connectivity index (χ0v) is 22.5. The number of nitrogens with one attached hydrogen (secondary N) is 1. The van der Waals surface area contributed by atoms with E-state index in [2.05, 4.69) is 21.9 Å². The van der Waals surface area contributed by atoms with Gasteiger partial charge in [0.15, 0.2) is 5.82 Å². The summed E-state index contributed by atoms with van der Waals surface area (Å²) in [5.74, 6) is -4.22. The van der Waals surface area contributed by atoms with E-state index >= 15 is 4.39 Å². The van der Waals surface area contributed by atoms with Gasteiger partial charge in [-0.3, -0.25) is 19.3 Å². The van der Waals surface area contributed by atoms with Gasteiger partial charge in [-0.05, 0) is 43.2 Å². The van der Waals surface area contributed by atoms with Crippen LogP contribution in [0.25, 0.3) is 22.2 Å². The molecule has 11 heteroatoms. The van der Waals surface area contributed by atoms with Crippen LogP contribution >= 0.6 is 0 Å². The summed E-state index contributed by atoms with van der Waals surface area (Å²) in [6, 6.07) is 8.69. The van der Waals surface area contributed by atoms with Crippen LogP contribution in [-0.4, -0.2) is 49.6 Å². The first-order valence-corrected chi connectivity index (χ1v) is 13.4. The second kappa shape index (κ2) is 11.5. The molecule has 0 bridgehead atoms. The summed E-state index contributed by atoms with van der Waals surface area (Å²) < 4.78 is 45.3. The quantitative estimate of drug-likeness (QED) is 0.261. The molecule has 212 valence electrons. The normalized spacial score (nSPS) is 15.6. The highest BCUT2D eigenvalue weighted by molar-refractivity contribution is 6.04. The number of hydrogen-bond acceptors (Lipinski definition) is 5. The Kier molecular flexibility index (Phi) is 7.87. The van der Waals surface area contributed by atoms with Gasteiger partial charge in [0.25, 0.3) is 11.8 Å². The standard InChI is InChI=1S/C30H29F3N6O2/c1-3-12-30(32,33)21-11-13-35-25(15-21)36-29(41)20-9-7-19(8-10-20)27-23-16-34-17-24(31)28(23)39(37-27)22-6-5-14-38(18-22)26(40)4-2/h4,7-11,13,15-17,22H,2-3,5-6,12,14,18H2,1H3,(H,35,36,41). The molecular formula is C30H29F3N6O2. The fourth-order valence-electron chi connectivity index (χ4n) is 5.16. The Bertz CT molecular complexity index is 1600. The number of rotatable bonds is 8. The van der Waals surface area contributed by atoms with Gasteiger partial charge in [-0.1, -0.05) is 32.1 Å². The zero-order chi connectivity index (χ0) is 29.1. The molecule has 1 fully saturated rings. The number of alkyl halides is 2. The number of pyridine rings is 2. The number of hydrogen-bond donors (Lipinski definition) is 1. The Morgan fingerprint density at radius 2 is 1.98 bits per heavy atom. The molecule has 0 spiro atoms. The molecule has 1 N–H and O–H groups in total. The molecule has 4 aromatic rings. The molecule has 5 rings (SSSR count). The molecule has 1 aliphatic rings. The van der Waals surface area contributed by atoms with Gasteiger partial charge in [0.05, 0.1) is 12.2 Å². The molecule has 0 saturated carbocycles. The lowest BCUT2D eigenvalue weighted by Crippen LogP contribution is -2.40. The van der Waals surface area contributed by atoms with Crippen LogP contribution in [0.5, 0.6) is 0 Å². The number of halogens is 3. The first kappa shape index (κ1) is 28.0. The third-order valence-corrected chi connectivity index (χ3v) is 7.20. The largest absolute Gasteiger partial charge is 0.337 e. The highest BCUT2D eigenvalue weighted by Crippen LogP contribution is 2.35. The predicted octanol–water partition coefficient (Wildman–Crippen LogP) is 6.13. The average Bonchev–Trinajstić information content (AvgIpc) is 3.38. The summed E-state index contributed by atoms with van der Waals surface area (Å²) in [5, 5.41) is 7.82. The zero-order valence-electron chi connectivity index (χ0n) is 22.5. The van der Waals surface area contributed by atoms with Crippen LogP contribution in [0, 0.1) is 5.82 Å². The van der Waals surface area contributed by atoms with E-state index in [0.717, 1.165) is 19.0 Å². The smallest absolute Gasteiger partial charge is 0.273 e. The van der Waals surface area contributed by atoms with Crippen molar-refractivity contribution in [1.82, 2.24) is 24.6 Å². The molecule has 3 aromatic heterocycles. The molecule has 1 atom stereocenters. The topological polar surface area (TPSA) is 93.0 Å². The first-order chi connectivity index (χ1) is 19.7. The maximum Gasteiger partial charge on any atom is 0.273 e. The van der Waals surface area contributed by atoms with Crippen LogP contribution in [0.3, 0.4) is 0 Å². The van der Waals surface area contributed by atoms with E-state index in [4.69, 9.17) is 5.10 Å². The van der Waals surface area contributed by atoms with Crippen LogP contribution in [0.15, 0.2) is 67.6 Å². The molecule has 8 nitrogen and oxygen atoms in total. The van der Waals surface area contributed by atoms with Crippen molar-refractivity contribution >= 4 is 28.5 Å². The number of carbonyl (C=O) groups is 2. The number of fused-ring (bicyclic) bond motifs is 1. The molecule has 1 aliphatic heterocycles. The molecule has 0 aliphatic carbocycles. The van der Waals surface area contributed by atoms with Crippen molar-refractivity contribution in [1.29, 1.82) is 0 Å². The molecule has 0 radical (unpaired) electrons. The lowest BCUT2D eigenvalue weighted by molar-refractivity contribution is -0.127. The van der Waals surface area contributed by atoms with Crippen molar-refractivity contribution < 1.29 is 22.8 Å². The van der Waals surface area contributed by atoms with Crippen LogP contribution in [0.1, 0.15) is 54.6 Å². The van der Waals surface area contributed by atoms with E-state index in [9.17, 15) is 18.4 Å².